The average molecular weight is 168 g/mol. The lowest BCUT2D eigenvalue weighted by atomic mass is 10.1. The summed E-state index contributed by atoms with van der Waals surface area (Å²) in [4.78, 5) is 0. The first-order chi connectivity index (χ1) is 4.93. The molecule has 11 heavy (non-hydrogen) atoms. The van der Waals surface area contributed by atoms with Crippen LogP contribution in [0.4, 0.5) is 17.6 Å². The van der Waals surface area contributed by atoms with Crippen molar-refractivity contribution in [3.63, 3.8) is 0 Å². The molecule has 1 aliphatic rings. The van der Waals surface area contributed by atoms with E-state index in [-0.39, 0.29) is 12.2 Å². The lowest BCUT2D eigenvalue weighted by Gasteiger charge is -2.20. The molecule has 0 saturated heterocycles. The van der Waals surface area contributed by atoms with Crippen molar-refractivity contribution in [1.29, 1.82) is 0 Å². The van der Waals surface area contributed by atoms with Crippen LogP contribution in [0.25, 0.3) is 0 Å². The highest BCUT2D eigenvalue weighted by molar-refractivity contribution is 5.28. The lowest BCUT2D eigenvalue weighted by Crippen LogP contribution is -2.35. The number of aliphatic hydroxyl groups is 1. The van der Waals surface area contributed by atoms with Gasteiger partial charge in [0.05, 0.1) is 0 Å². The Kier molecular flexibility index (Phi) is 1.75. The van der Waals surface area contributed by atoms with E-state index in [2.05, 4.69) is 0 Å². The zero-order chi connectivity index (χ0) is 8.65. The molecule has 0 aliphatic heterocycles. The summed E-state index contributed by atoms with van der Waals surface area (Å²) < 4.78 is 48.8. The Morgan fingerprint density at radius 2 is 2.00 bits per heavy atom. The maximum atomic E-state index is 12.3. The first kappa shape index (κ1) is 8.26. The van der Waals surface area contributed by atoms with Crippen molar-refractivity contribution in [1.82, 2.24) is 0 Å². The van der Waals surface area contributed by atoms with E-state index in [9.17, 15) is 17.6 Å². The summed E-state index contributed by atoms with van der Waals surface area (Å²) >= 11 is 0. The molecule has 62 valence electrons. The Morgan fingerprint density at radius 3 is 2.45 bits per heavy atom. The molecule has 0 amide bonds. The number of alkyl halides is 2. The van der Waals surface area contributed by atoms with Crippen LogP contribution in [0.2, 0.25) is 0 Å². The minimum absolute atomic E-state index is 0.0270. The second-order valence-electron chi connectivity index (χ2n) is 2.15. The molecule has 1 rings (SSSR count). The summed E-state index contributed by atoms with van der Waals surface area (Å²) in [5.74, 6) is -6.56. The molecule has 0 spiro atoms. The average Bonchev–Trinajstić information content (AvgIpc) is 1.81. The van der Waals surface area contributed by atoms with Gasteiger partial charge in [0.2, 0.25) is 6.17 Å². The van der Waals surface area contributed by atoms with Crippen LogP contribution in [0.15, 0.2) is 23.8 Å². The fourth-order valence-corrected chi connectivity index (χ4v) is 0.707. The molecule has 0 fully saturated rings. The van der Waals surface area contributed by atoms with Crippen LogP contribution in [-0.2, 0) is 0 Å². The Hall–Kier alpha value is -0.840. The number of hydrogen-bond acceptors (Lipinski definition) is 1. The van der Waals surface area contributed by atoms with Gasteiger partial charge in [-0.2, -0.15) is 0 Å². The van der Waals surface area contributed by atoms with E-state index in [1.165, 1.54) is 0 Å². The van der Waals surface area contributed by atoms with Crippen molar-refractivity contribution in [2.75, 3.05) is 0 Å². The van der Waals surface area contributed by atoms with Crippen LogP contribution >= 0.6 is 0 Å². The fourth-order valence-electron chi connectivity index (χ4n) is 0.707. The van der Waals surface area contributed by atoms with Crippen molar-refractivity contribution >= 4 is 0 Å². The van der Waals surface area contributed by atoms with Gasteiger partial charge in [0, 0.05) is 12.2 Å². The number of allylic oxidation sites excluding steroid dienone is 2. The van der Waals surface area contributed by atoms with Gasteiger partial charge in [-0.25, -0.2) is 17.6 Å². The molecule has 0 heterocycles. The SMILES string of the molecule is OC1(F)C=C(F)C=C(F)C1F. The van der Waals surface area contributed by atoms with Gasteiger partial charge in [0.15, 0.2) is 0 Å². The maximum absolute atomic E-state index is 12.3. The molecule has 2 unspecified atom stereocenters. The molecule has 1 N–H and O–H groups in total. The van der Waals surface area contributed by atoms with E-state index >= 15 is 0 Å². The van der Waals surface area contributed by atoms with Crippen LogP contribution < -0.4 is 0 Å². The van der Waals surface area contributed by atoms with Gasteiger partial charge in [-0.15, -0.1) is 0 Å². The van der Waals surface area contributed by atoms with Crippen LogP contribution in [-0.4, -0.2) is 17.1 Å². The summed E-state index contributed by atoms with van der Waals surface area (Å²) in [6, 6.07) is 0. The molecule has 0 aromatic heterocycles. The summed E-state index contributed by atoms with van der Waals surface area (Å²) in [6.45, 7) is 0. The van der Waals surface area contributed by atoms with Gasteiger partial charge in [-0.05, 0) is 0 Å². The first-order valence-corrected chi connectivity index (χ1v) is 2.74. The standard InChI is InChI=1S/C6H4F4O/c7-3-1-4(8)5(9)6(10,11)2-3/h1-2,5,11H. The van der Waals surface area contributed by atoms with Gasteiger partial charge in [0.25, 0.3) is 5.85 Å². The Morgan fingerprint density at radius 1 is 1.45 bits per heavy atom. The maximum Gasteiger partial charge on any atom is 0.267 e. The van der Waals surface area contributed by atoms with Crippen LogP contribution in [0.1, 0.15) is 0 Å². The van der Waals surface area contributed by atoms with E-state index in [0.717, 1.165) is 0 Å². The van der Waals surface area contributed by atoms with E-state index in [4.69, 9.17) is 5.11 Å². The van der Waals surface area contributed by atoms with Crippen molar-refractivity contribution in [3.05, 3.63) is 23.8 Å². The third kappa shape index (κ3) is 1.42. The molecule has 0 saturated carbocycles. The van der Waals surface area contributed by atoms with Crippen LogP contribution in [0.5, 0.6) is 0 Å². The first-order valence-electron chi connectivity index (χ1n) is 2.74. The molecule has 0 bridgehead atoms. The fraction of sp³-hybridized carbons (Fsp3) is 0.333. The van der Waals surface area contributed by atoms with Crippen LogP contribution in [0.3, 0.4) is 0 Å². The molecule has 5 heteroatoms. The predicted molar refractivity (Wildman–Crippen MR) is 29.3 cm³/mol. The highest BCUT2D eigenvalue weighted by Crippen LogP contribution is 2.31. The highest BCUT2D eigenvalue weighted by atomic mass is 19.2. The van der Waals surface area contributed by atoms with Gasteiger partial charge >= 0.3 is 0 Å². The molecule has 0 radical (unpaired) electrons. The third-order valence-corrected chi connectivity index (χ3v) is 1.21. The second-order valence-corrected chi connectivity index (χ2v) is 2.15. The van der Waals surface area contributed by atoms with E-state index in [1.54, 1.807) is 0 Å². The van der Waals surface area contributed by atoms with E-state index < -0.39 is 23.7 Å². The van der Waals surface area contributed by atoms with Crippen molar-refractivity contribution < 1.29 is 22.7 Å². The lowest BCUT2D eigenvalue weighted by molar-refractivity contribution is -0.0976. The minimum atomic E-state index is -3.57. The minimum Gasteiger partial charge on any atom is -0.356 e. The van der Waals surface area contributed by atoms with Gasteiger partial charge < -0.3 is 5.11 Å². The van der Waals surface area contributed by atoms with Gasteiger partial charge in [-0.1, -0.05) is 0 Å². The van der Waals surface area contributed by atoms with Crippen LogP contribution in [0, 0.1) is 0 Å². The smallest absolute Gasteiger partial charge is 0.267 e. The zero-order valence-corrected chi connectivity index (χ0v) is 5.19. The molecule has 1 nitrogen and oxygen atoms in total. The zero-order valence-electron chi connectivity index (χ0n) is 5.19. The summed E-state index contributed by atoms with van der Waals surface area (Å²) in [7, 11) is 0. The molecule has 0 aromatic carbocycles. The van der Waals surface area contributed by atoms with E-state index in [0.29, 0.717) is 0 Å². The molecule has 0 aromatic rings. The normalized spacial score (nSPS) is 38.1. The van der Waals surface area contributed by atoms with Crippen molar-refractivity contribution in [3.8, 4) is 0 Å². The summed E-state index contributed by atoms with van der Waals surface area (Å²) in [5, 5.41) is 8.34. The monoisotopic (exact) mass is 168 g/mol. The largest absolute Gasteiger partial charge is 0.356 e. The summed E-state index contributed by atoms with van der Waals surface area (Å²) in [5.41, 5.74) is 0. The molecular weight excluding hydrogens is 164 g/mol. The Balaban J connectivity index is 3.01. The number of halogens is 4. The highest BCUT2D eigenvalue weighted by Gasteiger charge is 2.41. The summed E-state index contributed by atoms with van der Waals surface area (Å²) in [6.07, 6.45) is -2.68. The second kappa shape index (κ2) is 2.34. The predicted octanol–water partition coefficient (Wildman–Crippen LogP) is 1.70. The van der Waals surface area contributed by atoms with Crippen molar-refractivity contribution in [2.24, 2.45) is 0 Å². The van der Waals surface area contributed by atoms with Gasteiger partial charge in [-0.3, -0.25) is 0 Å². The number of rotatable bonds is 0. The molecule has 2 atom stereocenters. The molecular formula is C6H4F4O. The number of hydrogen-bond donors (Lipinski definition) is 1. The third-order valence-electron chi connectivity index (χ3n) is 1.21. The quantitative estimate of drug-likeness (QED) is 0.546. The molecule has 1 aliphatic carbocycles. The topological polar surface area (TPSA) is 20.2 Å². The van der Waals surface area contributed by atoms with Crippen molar-refractivity contribution in [2.45, 2.75) is 12.0 Å². The Labute approximate surface area is 59.6 Å². The van der Waals surface area contributed by atoms with Gasteiger partial charge in [0.1, 0.15) is 11.7 Å². The van der Waals surface area contributed by atoms with E-state index in [1.807, 2.05) is 0 Å². The Bertz CT molecular complexity index is 231.